The van der Waals surface area contributed by atoms with E-state index >= 15 is 0 Å². The quantitative estimate of drug-likeness (QED) is 0.378. The molecule has 0 spiro atoms. The Kier molecular flexibility index (Phi) is 5.20. The molecule has 148 valence electrons. The van der Waals surface area contributed by atoms with Gasteiger partial charge in [0.05, 0.1) is 25.8 Å². The molecule has 3 aromatic carbocycles. The normalized spacial score (nSPS) is 11.7. The van der Waals surface area contributed by atoms with Crippen LogP contribution < -0.4 is 4.72 Å². The molecule has 4 rings (SSSR count). The van der Waals surface area contributed by atoms with Gasteiger partial charge in [-0.05, 0) is 48.5 Å². The van der Waals surface area contributed by atoms with E-state index in [9.17, 15) is 17.2 Å². The van der Waals surface area contributed by atoms with Gasteiger partial charge in [-0.25, -0.2) is 22.2 Å². The van der Waals surface area contributed by atoms with Crippen LogP contribution in [0.3, 0.4) is 0 Å². The first-order valence-corrected chi connectivity index (χ1v) is 11.1. The Morgan fingerprint density at radius 3 is 2.34 bits per heavy atom. The average Bonchev–Trinajstić information content (AvgIpc) is 3.03. The second-order valence-corrected chi connectivity index (χ2v) is 9.59. The van der Waals surface area contributed by atoms with Gasteiger partial charge in [-0.15, -0.1) is 11.3 Å². The largest absolute Gasteiger partial charge is 0.280 e. The number of fused-ring (bicyclic) bond motifs is 1. The highest BCUT2D eigenvalue weighted by Crippen LogP contribution is 2.36. The molecular formula is C19H10Cl2F2N2O2S2. The Labute approximate surface area is 178 Å². The molecule has 0 saturated heterocycles. The Balaban J connectivity index is 1.66. The van der Waals surface area contributed by atoms with Gasteiger partial charge in [-0.1, -0.05) is 23.2 Å². The lowest BCUT2D eigenvalue weighted by molar-refractivity contribution is 0.568. The molecule has 1 aromatic heterocycles. The number of rotatable bonds is 4. The fraction of sp³-hybridized carbons (Fsp3) is 0. The summed E-state index contributed by atoms with van der Waals surface area (Å²) in [5, 5.41) is 1.51. The Morgan fingerprint density at radius 2 is 1.66 bits per heavy atom. The first kappa shape index (κ1) is 20.0. The maximum absolute atomic E-state index is 13.3. The topological polar surface area (TPSA) is 59.1 Å². The van der Waals surface area contributed by atoms with Crippen molar-refractivity contribution in [1.29, 1.82) is 0 Å². The molecule has 10 heteroatoms. The van der Waals surface area contributed by atoms with E-state index in [4.69, 9.17) is 23.2 Å². The molecule has 29 heavy (non-hydrogen) atoms. The number of thiazole rings is 1. The van der Waals surface area contributed by atoms with Crippen LogP contribution in [0, 0.1) is 11.6 Å². The predicted molar refractivity (Wildman–Crippen MR) is 112 cm³/mol. The van der Waals surface area contributed by atoms with E-state index in [0.717, 1.165) is 22.3 Å². The van der Waals surface area contributed by atoms with Crippen molar-refractivity contribution < 1.29 is 17.2 Å². The van der Waals surface area contributed by atoms with Gasteiger partial charge >= 0.3 is 0 Å². The molecule has 0 bridgehead atoms. The summed E-state index contributed by atoms with van der Waals surface area (Å²) < 4.78 is 54.7. The zero-order valence-electron chi connectivity index (χ0n) is 14.3. The summed E-state index contributed by atoms with van der Waals surface area (Å²) in [5.41, 5.74) is 1.53. The van der Waals surface area contributed by atoms with E-state index < -0.39 is 26.6 Å². The summed E-state index contributed by atoms with van der Waals surface area (Å²) in [6.45, 7) is 0. The second-order valence-electron chi connectivity index (χ2n) is 6.04. The average molecular weight is 471 g/mol. The molecule has 0 aliphatic heterocycles. The molecule has 4 nitrogen and oxygen atoms in total. The molecule has 1 N–H and O–H groups in total. The molecule has 0 radical (unpaired) electrons. The van der Waals surface area contributed by atoms with Crippen LogP contribution in [0.5, 0.6) is 0 Å². The predicted octanol–water partition coefficient (Wildman–Crippen LogP) is 6.35. The van der Waals surface area contributed by atoms with Crippen LogP contribution in [-0.4, -0.2) is 13.4 Å². The van der Waals surface area contributed by atoms with Crippen LogP contribution in [0.25, 0.3) is 20.8 Å². The maximum Gasteiger partial charge on any atom is 0.262 e. The van der Waals surface area contributed by atoms with Gasteiger partial charge in [0.15, 0.2) is 0 Å². The van der Waals surface area contributed by atoms with Crippen molar-refractivity contribution in [3.63, 3.8) is 0 Å². The van der Waals surface area contributed by atoms with Crippen molar-refractivity contribution in [3.05, 3.63) is 76.3 Å². The second kappa shape index (κ2) is 7.53. The minimum Gasteiger partial charge on any atom is -0.280 e. The van der Waals surface area contributed by atoms with Crippen molar-refractivity contribution in [2.75, 3.05) is 4.72 Å². The molecule has 0 fully saturated rings. The van der Waals surface area contributed by atoms with Crippen molar-refractivity contribution in [2.24, 2.45) is 0 Å². The van der Waals surface area contributed by atoms with E-state index in [1.54, 1.807) is 24.3 Å². The SMILES string of the molecule is O=S(=O)(Nc1ccc(-c2nc3ccc(Cl)cc3s2)c(Cl)c1)c1cc(F)cc(F)c1. The monoisotopic (exact) mass is 470 g/mol. The fourth-order valence-corrected chi connectivity index (χ4v) is 5.36. The molecule has 0 aliphatic carbocycles. The minimum atomic E-state index is -4.19. The van der Waals surface area contributed by atoms with Crippen LogP contribution in [0.1, 0.15) is 0 Å². The Hall–Kier alpha value is -2.26. The summed E-state index contributed by atoms with van der Waals surface area (Å²) in [5.74, 6) is -1.98. The van der Waals surface area contributed by atoms with Crippen molar-refractivity contribution >= 4 is 60.5 Å². The highest BCUT2D eigenvalue weighted by molar-refractivity contribution is 7.92. The van der Waals surface area contributed by atoms with Gasteiger partial charge in [0.1, 0.15) is 16.6 Å². The van der Waals surface area contributed by atoms with Crippen molar-refractivity contribution in [2.45, 2.75) is 4.90 Å². The van der Waals surface area contributed by atoms with Crippen molar-refractivity contribution in [3.8, 4) is 10.6 Å². The number of nitrogens with one attached hydrogen (secondary N) is 1. The van der Waals surface area contributed by atoms with E-state index in [1.165, 1.54) is 23.5 Å². The first-order valence-electron chi connectivity index (χ1n) is 8.06. The van der Waals surface area contributed by atoms with Gasteiger partial charge in [-0.3, -0.25) is 4.72 Å². The molecule has 0 aliphatic rings. The number of hydrogen-bond donors (Lipinski definition) is 1. The summed E-state index contributed by atoms with van der Waals surface area (Å²) in [6.07, 6.45) is 0. The molecule has 0 atom stereocenters. The third kappa shape index (κ3) is 4.20. The number of aromatic nitrogens is 1. The third-order valence-corrected chi connectivity index (χ3v) is 6.91. The third-order valence-electron chi connectivity index (χ3n) is 3.95. The molecule has 4 aromatic rings. The molecule has 0 unspecified atom stereocenters. The number of sulfonamides is 1. The van der Waals surface area contributed by atoms with E-state index in [2.05, 4.69) is 9.71 Å². The highest BCUT2D eigenvalue weighted by atomic mass is 35.5. The van der Waals surface area contributed by atoms with Gasteiger partial charge < -0.3 is 0 Å². The summed E-state index contributed by atoms with van der Waals surface area (Å²) in [4.78, 5) is 3.98. The zero-order valence-corrected chi connectivity index (χ0v) is 17.4. The summed E-state index contributed by atoms with van der Waals surface area (Å²) in [7, 11) is -4.19. The molecule has 0 saturated carbocycles. The Bertz CT molecular complexity index is 1340. The van der Waals surface area contributed by atoms with E-state index in [1.807, 2.05) is 0 Å². The van der Waals surface area contributed by atoms with Gasteiger partial charge in [0.25, 0.3) is 10.0 Å². The smallest absolute Gasteiger partial charge is 0.262 e. The molecule has 0 amide bonds. The van der Waals surface area contributed by atoms with Gasteiger partial charge in [0.2, 0.25) is 0 Å². The fourth-order valence-electron chi connectivity index (χ4n) is 2.66. The maximum atomic E-state index is 13.3. The lowest BCUT2D eigenvalue weighted by atomic mass is 10.2. The minimum absolute atomic E-state index is 0.146. The van der Waals surface area contributed by atoms with Crippen LogP contribution in [0.2, 0.25) is 10.0 Å². The summed E-state index contributed by atoms with van der Waals surface area (Å²) in [6, 6.07) is 11.9. The van der Waals surface area contributed by atoms with E-state index in [0.29, 0.717) is 21.7 Å². The van der Waals surface area contributed by atoms with Crippen LogP contribution in [0.4, 0.5) is 14.5 Å². The summed E-state index contributed by atoms with van der Waals surface area (Å²) >= 11 is 13.7. The molecule has 1 heterocycles. The highest BCUT2D eigenvalue weighted by Gasteiger charge is 2.18. The van der Waals surface area contributed by atoms with Crippen LogP contribution in [0.15, 0.2) is 59.5 Å². The van der Waals surface area contributed by atoms with Crippen LogP contribution in [-0.2, 0) is 10.0 Å². The van der Waals surface area contributed by atoms with Gasteiger partial charge in [-0.2, -0.15) is 0 Å². The number of benzene rings is 3. The molecular weight excluding hydrogens is 461 g/mol. The standard InChI is InChI=1S/C19H10Cl2F2N2O2S2/c20-10-1-4-17-18(5-10)28-19(24-17)15-3-2-13(9-16(15)21)25-29(26,27)14-7-11(22)6-12(23)8-14/h1-9,25H. The zero-order chi connectivity index (χ0) is 20.8. The number of anilines is 1. The number of halogens is 4. The van der Waals surface area contributed by atoms with Crippen LogP contribution >= 0.6 is 34.5 Å². The first-order chi connectivity index (χ1) is 13.7. The number of nitrogens with zero attached hydrogens (tertiary/aromatic N) is 1. The lowest BCUT2D eigenvalue weighted by Crippen LogP contribution is -2.13. The van der Waals surface area contributed by atoms with Gasteiger partial charge in [0, 0.05) is 16.7 Å². The van der Waals surface area contributed by atoms with E-state index in [-0.39, 0.29) is 10.7 Å². The number of hydrogen-bond acceptors (Lipinski definition) is 4. The Morgan fingerprint density at radius 1 is 0.931 bits per heavy atom. The lowest BCUT2D eigenvalue weighted by Gasteiger charge is -2.10. The van der Waals surface area contributed by atoms with Crippen molar-refractivity contribution in [1.82, 2.24) is 4.98 Å².